The predicted octanol–water partition coefficient (Wildman–Crippen LogP) is 4.18. The summed E-state index contributed by atoms with van der Waals surface area (Å²) in [5.41, 5.74) is 1.97. The third-order valence-corrected chi connectivity index (χ3v) is 3.60. The molecule has 0 radical (unpaired) electrons. The van der Waals surface area contributed by atoms with E-state index in [1.807, 2.05) is 32.2 Å². The Bertz CT molecular complexity index is 674. The topological polar surface area (TPSA) is 64.4 Å². The van der Waals surface area contributed by atoms with Gasteiger partial charge in [0.1, 0.15) is 11.5 Å². The summed E-state index contributed by atoms with van der Waals surface area (Å²) in [6, 6.07) is 10.3. The second-order valence-corrected chi connectivity index (χ2v) is 5.46. The largest absolute Gasteiger partial charge is 0.456 e. The molecule has 0 unspecified atom stereocenters. The highest BCUT2D eigenvalue weighted by atomic mass is 79.9. The third-order valence-electron chi connectivity index (χ3n) is 2.98. The lowest BCUT2D eigenvalue weighted by molar-refractivity contribution is -0.384. The molecule has 0 aliphatic rings. The van der Waals surface area contributed by atoms with Gasteiger partial charge in [0.05, 0.1) is 15.5 Å². The van der Waals surface area contributed by atoms with Crippen LogP contribution in [0, 0.1) is 17.0 Å². The zero-order chi connectivity index (χ0) is 15.4. The van der Waals surface area contributed by atoms with Gasteiger partial charge in [-0.3, -0.25) is 10.1 Å². The Morgan fingerprint density at radius 2 is 2.00 bits per heavy atom. The minimum Gasteiger partial charge on any atom is -0.456 e. The average molecular weight is 351 g/mol. The van der Waals surface area contributed by atoms with Gasteiger partial charge in [0.25, 0.3) is 5.69 Å². The molecule has 0 bridgehead atoms. The number of nitro benzene ring substituents is 1. The van der Waals surface area contributed by atoms with Crippen LogP contribution in [0.3, 0.4) is 0 Å². The zero-order valence-corrected chi connectivity index (χ0v) is 13.3. The zero-order valence-electron chi connectivity index (χ0n) is 11.7. The number of nitrogens with zero attached hydrogens (tertiary/aromatic N) is 1. The van der Waals surface area contributed by atoms with Gasteiger partial charge in [-0.05, 0) is 59.2 Å². The fraction of sp³-hybridized carbons (Fsp3) is 0.200. The first-order chi connectivity index (χ1) is 10.0. The van der Waals surface area contributed by atoms with E-state index >= 15 is 0 Å². The van der Waals surface area contributed by atoms with Crippen LogP contribution in [0.5, 0.6) is 11.5 Å². The van der Waals surface area contributed by atoms with Gasteiger partial charge in [0.2, 0.25) is 0 Å². The van der Waals surface area contributed by atoms with Gasteiger partial charge in [-0.1, -0.05) is 6.07 Å². The van der Waals surface area contributed by atoms with Crippen molar-refractivity contribution in [1.29, 1.82) is 0 Å². The standard InChI is InChI=1S/C15H15BrN2O3/c1-10-3-5-12(18(19)20)8-15(10)21-14-6-4-11(9-17-2)7-13(14)16/h3-8,17H,9H2,1-2H3. The van der Waals surface area contributed by atoms with Crippen LogP contribution in [0.25, 0.3) is 0 Å². The van der Waals surface area contributed by atoms with Gasteiger partial charge in [0.15, 0.2) is 0 Å². The molecule has 0 fully saturated rings. The van der Waals surface area contributed by atoms with Crippen LogP contribution in [0.4, 0.5) is 5.69 Å². The second-order valence-electron chi connectivity index (χ2n) is 4.60. The maximum Gasteiger partial charge on any atom is 0.273 e. The van der Waals surface area contributed by atoms with Crippen molar-refractivity contribution >= 4 is 21.6 Å². The summed E-state index contributed by atoms with van der Waals surface area (Å²) in [5.74, 6) is 1.10. The summed E-state index contributed by atoms with van der Waals surface area (Å²) in [6.45, 7) is 2.61. The molecule has 21 heavy (non-hydrogen) atoms. The van der Waals surface area contributed by atoms with Gasteiger partial charge in [0, 0.05) is 12.6 Å². The molecule has 110 valence electrons. The van der Waals surface area contributed by atoms with Crippen LogP contribution in [0.2, 0.25) is 0 Å². The van der Waals surface area contributed by atoms with Gasteiger partial charge in [-0.25, -0.2) is 0 Å². The molecule has 0 heterocycles. The van der Waals surface area contributed by atoms with E-state index in [4.69, 9.17) is 4.74 Å². The van der Waals surface area contributed by atoms with Crippen molar-refractivity contribution in [1.82, 2.24) is 5.32 Å². The fourth-order valence-corrected chi connectivity index (χ4v) is 2.38. The third kappa shape index (κ3) is 3.80. The van der Waals surface area contributed by atoms with E-state index in [2.05, 4.69) is 21.2 Å². The van der Waals surface area contributed by atoms with Crippen molar-refractivity contribution in [3.63, 3.8) is 0 Å². The Hall–Kier alpha value is -1.92. The van der Waals surface area contributed by atoms with E-state index in [9.17, 15) is 10.1 Å². The Kier molecular flexibility index (Phi) is 4.93. The Morgan fingerprint density at radius 3 is 2.62 bits per heavy atom. The SMILES string of the molecule is CNCc1ccc(Oc2cc([N+](=O)[O-])ccc2C)c(Br)c1. The number of hydrogen-bond donors (Lipinski definition) is 1. The summed E-state index contributed by atoms with van der Waals surface area (Å²) < 4.78 is 6.60. The lowest BCUT2D eigenvalue weighted by Crippen LogP contribution is -2.04. The van der Waals surface area contributed by atoms with Crippen LogP contribution in [0.1, 0.15) is 11.1 Å². The van der Waals surface area contributed by atoms with E-state index in [1.165, 1.54) is 12.1 Å². The van der Waals surface area contributed by atoms with E-state index in [-0.39, 0.29) is 5.69 Å². The number of hydrogen-bond acceptors (Lipinski definition) is 4. The summed E-state index contributed by atoms with van der Waals surface area (Å²) >= 11 is 3.46. The van der Waals surface area contributed by atoms with Crippen LogP contribution in [-0.4, -0.2) is 12.0 Å². The van der Waals surface area contributed by atoms with Gasteiger partial charge >= 0.3 is 0 Å². The quantitative estimate of drug-likeness (QED) is 0.648. The molecule has 0 aliphatic carbocycles. The first-order valence-corrected chi connectivity index (χ1v) is 7.16. The molecule has 0 amide bonds. The molecule has 0 atom stereocenters. The lowest BCUT2D eigenvalue weighted by atomic mass is 10.2. The summed E-state index contributed by atoms with van der Waals surface area (Å²) in [7, 11) is 1.88. The highest BCUT2D eigenvalue weighted by molar-refractivity contribution is 9.10. The van der Waals surface area contributed by atoms with Crippen molar-refractivity contribution in [3.8, 4) is 11.5 Å². The molecule has 0 saturated heterocycles. The number of aryl methyl sites for hydroxylation is 1. The molecule has 0 spiro atoms. The smallest absolute Gasteiger partial charge is 0.273 e. The normalized spacial score (nSPS) is 10.4. The molecule has 2 rings (SSSR count). The van der Waals surface area contributed by atoms with E-state index in [0.29, 0.717) is 11.5 Å². The molecule has 6 heteroatoms. The van der Waals surface area contributed by atoms with Crippen LogP contribution >= 0.6 is 15.9 Å². The second kappa shape index (κ2) is 6.69. The first kappa shape index (κ1) is 15.5. The molecular formula is C15H15BrN2O3. The van der Waals surface area contributed by atoms with Crippen LogP contribution in [-0.2, 0) is 6.54 Å². The summed E-state index contributed by atoms with van der Waals surface area (Å²) in [5, 5.41) is 13.9. The number of non-ortho nitro benzene ring substituents is 1. The van der Waals surface area contributed by atoms with Crippen molar-refractivity contribution in [2.75, 3.05) is 7.05 Å². The monoisotopic (exact) mass is 350 g/mol. The van der Waals surface area contributed by atoms with E-state index in [1.54, 1.807) is 6.07 Å². The molecule has 1 N–H and O–H groups in total. The van der Waals surface area contributed by atoms with Gasteiger partial charge in [-0.2, -0.15) is 0 Å². The maximum atomic E-state index is 10.8. The fourth-order valence-electron chi connectivity index (χ4n) is 1.87. The first-order valence-electron chi connectivity index (χ1n) is 6.37. The maximum absolute atomic E-state index is 10.8. The number of nitro groups is 1. The highest BCUT2D eigenvalue weighted by Crippen LogP contribution is 2.33. The summed E-state index contributed by atoms with van der Waals surface area (Å²) in [6.07, 6.45) is 0. The van der Waals surface area contributed by atoms with Crippen molar-refractivity contribution in [3.05, 3.63) is 62.1 Å². The number of halogens is 1. The lowest BCUT2D eigenvalue weighted by Gasteiger charge is -2.11. The van der Waals surface area contributed by atoms with Crippen molar-refractivity contribution < 1.29 is 9.66 Å². The molecule has 0 aliphatic heterocycles. The number of nitrogens with one attached hydrogen (secondary N) is 1. The highest BCUT2D eigenvalue weighted by Gasteiger charge is 2.12. The minimum absolute atomic E-state index is 0.0125. The molecule has 2 aromatic rings. The van der Waals surface area contributed by atoms with Crippen LogP contribution < -0.4 is 10.1 Å². The van der Waals surface area contributed by atoms with E-state index in [0.717, 1.165) is 22.1 Å². The number of ether oxygens (including phenoxy) is 1. The summed E-state index contributed by atoms with van der Waals surface area (Å²) in [4.78, 5) is 10.4. The number of rotatable bonds is 5. The molecule has 5 nitrogen and oxygen atoms in total. The number of benzene rings is 2. The molecule has 2 aromatic carbocycles. The van der Waals surface area contributed by atoms with Crippen LogP contribution in [0.15, 0.2) is 40.9 Å². The van der Waals surface area contributed by atoms with Gasteiger partial charge < -0.3 is 10.1 Å². The Balaban J connectivity index is 2.29. The van der Waals surface area contributed by atoms with Gasteiger partial charge in [-0.15, -0.1) is 0 Å². The minimum atomic E-state index is -0.433. The predicted molar refractivity (Wildman–Crippen MR) is 84.8 cm³/mol. The average Bonchev–Trinajstić information content (AvgIpc) is 2.44. The molecule has 0 aromatic heterocycles. The molecular weight excluding hydrogens is 336 g/mol. The van der Waals surface area contributed by atoms with E-state index < -0.39 is 4.92 Å². The van der Waals surface area contributed by atoms with Crippen molar-refractivity contribution in [2.45, 2.75) is 13.5 Å². The Labute approximate surface area is 131 Å². The Morgan fingerprint density at radius 1 is 1.24 bits per heavy atom. The van der Waals surface area contributed by atoms with Crippen molar-refractivity contribution in [2.24, 2.45) is 0 Å². The molecule has 0 saturated carbocycles.